The SMILES string of the molecule is Brc1cc(Br)cc(-c2nc3ccccc3n2-c2ccccc2)c1.COc1cc(Br)cc(Br)c1.Nc1ccccc1Nc1ccccc1.[CH3-]. The second-order valence-electron chi connectivity index (χ2n) is 10.1. The van der Waals surface area contributed by atoms with Crippen molar-refractivity contribution in [1.82, 2.24) is 9.55 Å². The summed E-state index contributed by atoms with van der Waals surface area (Å²) in [5.41, 5.74) is 12.8. The van der Waals surface area contributed by atoms with Gasteiger partial charge >= 0.3 is 0 Å². The number of nitrogens with zero attached hydrogens (tertiary/aromatic N) is 2. The minimum absolute atomic E-state index is 0. The van der Waals surface area contributed by atoms with Gasteiger partial charge in [0.15, 0.2) is 0 Å². The van der Waals surface area contributed by atoms with E-state index in [4.69, 9.17) is 15.5 Å². The molecule has 7 rings (SSSR count). The molecular formula is C39H33Br4N4O-. The van der Waals surface area contributed by atoms with Crippen LogP contribution in [0.3, 0.4) is 0 Å². The van der Waals surface area contributed by atoms with Crippen LogP contribution in [0.5, 0.6) is 5.75 Å². The Bertz CT molecular complexity index is 2030. The molecule has 244 valence electrons. The van der Waals surface area contributed by atoms with Gasteiger partial charge in [0.25, 0.3) is 0 Å². The summed E-state index contributed by atoms with van der Waals surface area (Å²) < 4.78 is 11.3. The standard InChI is InChI=1S/C19H12Br2N2.C12H12N2.C7H6Br2O.CH3/c20-14-10-13(11-15(21)12-14)19-22-17-8-4-5-9-18(17)23(19)16-6-2-1-3-7-16;13-11-8-4-5-9-12(11)14-10-6-2-1-3-7-10;1-10-7-3-5(8)2-6(9)4-7;/h1-12H;1-9,14H,13H2;2-4H,1H3;1H3/q;;;-1. The summed E-state index contributed by atoms with van der Waals surface area (Å²) in [4.78, 5) is 4.86. The smallest absolute Gasteiger partial charge is 0.145 e. The molecule has 7 aromatic rings. The molecule has 0 amide bonds. The van der Waals surface area contributed by atoms with Crippen LogP contribution >= 0.6 is 63.7 Å². The summed E-state index contributed by atoms with van der Waals surface area (Å²) in [5.74, 6) is 1.78. The lowest BCUT2D eigenvalue weighted by atomic mass is 10.2. The maximum absolute atomic E-state index is 5.81. The number of benzene rings is 6. The zero-order valence-corrected chi connectivity index (χ0v) is 32.6. The van der Waals surface area contributed by atoms with Crippen LogP contribution in [0.25, 0.3) is 28.1 Å². The van der Waals surface area contributed by atoms with Gasteiger partial charge in [-0.25, -0.2) is 4.98 Å². The number of fused-ring (bicyclic) bond motifs is 1. The zero-order valence-electron chi connectivity index (χ0n) is 26.2. The van der Waals surface area contributed by atoms with E-state index in [-0.39, 0.29) is 7.43 Å². The number of ether oxygens (including phenoxy) is 1. The van der Waals surface area contributed by atoms with Crippen molar-refractivity contribution in [3.8, 4) is 22.8 Å². The highest BCUT2D eigenvalue weighted by atomic mass is 79.9. The van der Waals surface area contributed by atoms with Gasteiger partial charge in [-0.1, -0.05) is 124 Å². The van der Waals surface area contributed by atoms with E-state index in [1.165, 1.54) is 0 Å². The molecule has 1 aromatic heterocycles. The van der Waals surface area contributed by atoms with Crippen molar-refractivity contribution >= 4 is 91.8 Å². The quantitative estimate of drug-likeness (QED) is 0.133. The number of nitrogens with one attached hydrogen (secondary N) is 1. The van der Waals surface area contributed by atoms with Gasteiger partial charge in [-0.2, -0.15) is 0 Å². The molecule has 1 heterocycles. The third-order valence-electron chi connectivity index (χ3n) is 6.78. The predicted octanol–water partition coefficient (Wildman–Crippen LogP) is 12.9. The van der Waals surface area contributed by atoms with Crippen LogP contribution in [0.4, 0.5) is 17.1 Å². The molecule has 0 aliphatic rings. The lowest BCUT2D eigenvalue weighted by Crippen LogP contribution is -1.97. The molecule has 48 heavy (non-hydrogen) atoms. The number of nitrogen functional groups attached to an aromatic ring is 1. The first-order valence-electron chi connectivity index (χ1n) is 14.5. The summed E-state index contributed by atoms with van der Waals surface area (Å²) >= 11 is 13.8. The number of nitrogens with two attached hydrogens (primary N) is 1. The van der Waals surface area contributed by atoms with Crippen molar-refractivity contribution in [2.75, 3.05) is 18.2 Å². The van der Waals surface area contributed by atoms with Crippen molar-refractivity contribution in [3.05, 3.63) is 171 Å². The lowest BCUT2D eigenvalue weighted by molar-refractivity contribution is 0.414. The molecule has 9 heteroatoms. The summed E-state index contributed by atoms with van der Waals surface area (Å²) in [6.45, 7) is 0. The molecule has 0 bridgehead atoms. The molecule has 0 aliphatic carbocycles. The first-order valence-corrected chi connectivity index (χ1v) is 17.6. The molecule has 0 spiro atoms. The topological polar surface area (TPSA) is 65.1 Å². The van der Waals surface area contributed by atoms with E-state index in [0.29, 0.717) is 0 Å². The number of methoxy groups -OCH3 is 1. The van der Waals surface area contributed by atoms with Gasteiger partial charge in [-0.15, -0.1) is 0 Å². The number of hydrogen-bond acceptors (Lipinski definition) is 4. The van der Waals surface area contributed by atoms with Crippen molar-refractivity contribution in [1.29, 1.82) is 0 Å². The molecule has 0 saturated heterocycles. The molecule has 0 atom stereocenters. The van der Waals surface area contributed by atoms with E-state index in [9.17, 15) is 0 Å². The van der Waals surface area contributed by atoms with Crippen molar-refractivity contribution in [2.45, 2.75) is 0 Å². The summed E-state index contributed by atoms with van der Waals surface area (Å²) in [6.07, 6.45) is 0. The Morgan fingerprint density at radius 2 is 1.15 bits per heavy atom. The molecule has 6 aromatic carbocycles. The molecule has 0 unspecified atom stereocenters. The van der Waals surface area contributed by atoms with E-state index >= 15 is 0 Å². The van der Waals surface area contributed by atoms with E-state index in [2.05, 4.69) is 104 Å². The highest BCUT2D eigenvalue weighted by Crippen LogP contribution is 2.32. The normalized spacial score (nSPS) is 10.1. The number of aromatic nitrogens is 2. The predicted molar refractivity (Wildman–Crippen MR) is 217 cm³/mol. The van der Waals surface area contributed by atoms with Gasteiger partial charge in [0.05, 0.1) is 29.5 Å². The van der Waals surface area contributed by atoms with Crippen molar-refractivity contribution in [2.24, 2.45) is 0 Å². The second kappa shape index (κ2) is 18.0. The minimum atomic E-state index is 0. The largest absolute Gasteiger partial charge is 0.497 e. The van der Waals surface area contributed by atoms with E-state index in [0.717, 1.165) is 68.8 Å². The monoisotopic (exact) mass is 889 g/mol. The average molecular weight is 893 g/mol. The Morgan fingerprint density at radius 3 is 1.75 bits per heavy atom. The van der Waals surface area contributed by atoms with E-state index in [1.54, 1.807) is 7.11 Å². The number of para-hydroxylation sites is 6. The van der Waals surface area contributed by atoms with Crippen molar-refractivity contribution < 1.29 is 4.74 Å². The van der Waals surface area contributed by atoms with Crippen LogP contribution in [0.2, 0.25) is 0 Å². The number of hydrogen-bond donors (Lipinski definition) is 2. The van der Waals surface area contributed by atoms with Crippen LogP contribution in [0.1, 0.15) is 0 Å². The van der Waals surface area contributed by atoms with Crippen LogP contribution in [-0.2, 0) is 0 Å². The highest BCUT2D eigenvalue weighted by Gasteiger charge is 2.14. The van der Waals surface area contributed by atoms with Gasteiger partial charge in [-0.05, 0) is 84.9 Å². The Hall–Kier alpha value is -3.89. The molecule has 0 saturated carbocycles. The molecular weight excluding hydrogens is 860 g/mol. The lowest BCUT2D eigenvalue weighted by Gasteiger charge is -2.10. The Labute approximate surface area is 315 Å². The number of rotatable bonds is 5. The van der Waals surface area contributed by atoms with Gasteiger partial charge in [0.1, 0.15) is 11.6 Å². The fraction of sp³-hybridized carbons (Fsp3) is 0.0256. The maximum Gasteiger partial charge on any atom is 0.145 e. The number of imidazole rings is 1. The van der Waals surface area contributed by atoms with E-state index in [1.807, 2.05) is 115 Å². The van der Waals surface area contributed by atoms with Gasteiger partial charge in [-0.3, -0.25) is 4.57 Å². The molecule has 0 aliphatic heterocycles. The Balaban J connectivity index is 0.000000178. The van der Waals surface area contributed by atoms with Gasteiger partial charge < -0.3 is 23.2 Å². The molecule has 5 nitrogen and oxygen atoms in total. The first-order chi connectivity index (χ1) is 22.8. The zero-order chi connectivity index (χ0) is 33.2. The maximum atomic E-state index is 5.81. The molecule has 0 fully saturated rings. The third-order valence-corrected chi connectivity index (χ3v) is 8.61. The van der Waals surface area contributed by atoms with Crippen LogP contribution in [0.15, 0.2) is 163 Å². The fourth-order valence-corrected chi connectivity index (χ4v) is 7.22. The highest BCUT2D eigenvalue weighted by molar-refractivity contribution is 9.11. The first kappa shape index (κ1) is 36.9. The Kier molecular flexibility index (Phi) is 13.9. The second-order valence-corrected chi connectivity index (χ2v) is 13.8. The van der Waals surface area contributed by atoms with Crippen LogP contribution in [-0.4, -0.2) is 16.7 Å². The number of anilines is 3. The fourth-order valence-electron chi connectivity index (χ4n) is 4.68. The van der Waals surface area contributed by atoms with Gasteiger partial charge in [0, 0.05) is 34.8 Å². The minimum Gasteiger partial charge on any atom is -0.497 e. The number of halogens is 4. The van der Waals surface area contributed by atoms with Crippen LogP contribution in [0, 0.1) is 7.43 Å². The third kappa shape index (κ3) is 10.1. The van der Waals surface area contributed by atoms with Gasteiger partial charge in [0.2, 0.25) is 0 Å². The summed E-state index contributed by atoms with van der Waals surface area (Å²) in [7, 11) is 1.65. The summed E-state index contributed by atoms with van der Waals surface area (Å²) in [5, 5.41) is 3.25. The van der Waals surface area contributed by atoms with Crippen LogP contribution < -0.4 is 15.8 Å². The van der Waals surface area contributed by atoms with Crippen molar-refractivity contribution in [3.63, 3.8) is 0 Å². The average Bonchev–Trinajstić information content (AvgIpc) is 3.46. The molecule has 0 radical (unpaired) electrons. The molecule has 3 N–H and O–H groups in total. The Morgan fingerprint density at radius 1 is 0.625 bits per heavy atom. The van der Waals surface area contributed by atoms with E-state index < -0.39 is 0 Å². The summed E-state index contributed by atoms with van der Waals surface area (Å²) in [6, 6.07) is 48.2.